The molecule has 0 aliphatic rings. The highest BCUT2D eigenvalue weighted by Crippen LogP contribution is 2.22. The van der Waals surface area contributed by atoms with Gasteiger partial charge in [-0.05, 0) is 11.6 Å². The highest BCUT2D eigenvalue weighted by atomic mass is 16.1. The van der Waals surface area contributed by atoms with Crippen molar-refractivity contribution in [3.63, 3.8) is 0 Å². The topological polar surface area (TPSA) is 71.8 Å². The number of nitrogens with zero attached hydrogens (tertiary/aromatic N) is 1. The summed E-state index contributed by atoms with van der Waals surface area (Å²) >= 11 is 0. The van der Waals surface area contributed by atoms with Crippen molar-refractivity contribution in [1.29, 1.82) is 0 Å². The third kappa shape index (κ3) is 2.90. The summed E-state index contributed by atoms with van der Waals surface area (Å²) < 4.78 is 0. The van der Waals surface area contributed by atoms with Crippen molar-refractivity contribution < 1.29 is 0 Å². The molecular formula is C15H19N3O. The van der Waals surface area contributed by atoms with Gasteiger partial charge in [-0.3, -0.25) is 4.79 Å². The Bertz CT molecular complexity index is 611. The quantitative estimate of drug-likeness (QED) is 0.865. The van der Waals surface area contributed by atoms with E-state index in [0.717, 1.165) is 11.3 Å². The molecule has 100 valence electrons. The van der Waals surface area contributed by atoms with Crippen LogP contribution in [0.15, 0.2) is 41.2 Å². The molecule has 4 heteroatoms. The van der Waals surface area contributed by atoms with E-state index in [2.05, 4.69) is 10.2 Å². The van der Waals surface area contributed by atoms with Crippen LogP contribution in [0.2, 0.25) is 0 Å². The minimum Gasteiger partial charge on any atom is -0.320 e. The Balaban J connectivity index is 2.48. The molecule has 1 unspecified atom stereocenters. The van der Waals surface area contributed by atoms with Gasteiger partial charge in [0.15, 0.2) is 0 Å². The molecule has 2 rings (SSSR count). The van der Waals surface area contributed by atoms with Gasteiger partial charge in [0, 0.05) is 11.0 Å². The molecule has 1 aromatic carbocycles. The lowest BCUT2D eigenvalue weighted by Crippen LogP contribution is -2.27. The lowest BCUT2D eigenvalue weighted by atomic mass is 9.90. The zero-order valence-electron chi connectivity index (χ0n) is 11.5. The highest BCUT2D eigenvalue weighted by Gasteiger charge is 2.20. The van der Waals surface area contributed by atoms with Crippen molar-refractivity contribution in [2.45, 2.75) is 32.2 Å². The molecule has 0 aliphatic carbocycles. The Morgan fingerprint density at radius 2 is 1.84 bits per heavy atom. The molecule has 0 radical (unpaired) electrons. The second-order valence-corrected chi connectivity index (χ2v) is 5.68. The van der Waals surface area contributed by atoms with Crippen molar-refractivity contribution in [2.24, 2.45) is 5.73 Å². The largest absolute Gasteiger partial charge is 0.320 e. The van der Waals surface area contributed by atoms with E-state index in [1.54, 1.807) is 6.07 Å². The first-order valence-corrected chi connectivity index (χ1v) is 6.30. The Morgan fingerprint density at radius 3 is 2.42 bits per heavy atom. The molecule has 0 saturated heterocycles. The van der Waals surface area contributed by atoms with Gasteiger partial charge in [0.25, 0.3) is 5.56 Å². The van der Waals surface area contributed by atoms with Gasteiger partial charge in [-0.1, -0.05) is 51.1 Å². The Hall–Kier alpha value is -1.94. The summed E-state index contributed by atoms with van der Waals surface area (Å²) in [5.74, 6) is 0. The molecule has 4 nitrogen and oxygen atoms in total. The number of nitrogens with two attached hydrogens (primary N) is 1. The van der Waals surface area contributed by atoms with Gasteiger partial charge in [0.1, 0.15) is 0 Å². The predicted octanol–water partition coefficient (Wildman–Crippen LogP) is 2.12. The van der Waals surface area contributed by atoms with Gasteiger partial charge in [-0.15, -0.1) is 0 Å². The number of aromatic nitrogens is 2. The van der Waals surface area contributed by atoms with E-state index in [4.69, 9.17) is 5.73 Å². The molecule has 0 spiro atoms. The van der Waals surface area contributed by atoms with Crippen LogP contribution in [0.4, 0.5) is 0 Å². The molecule has 19 heavy (non-hydrogen) atoms. The molecule has 0 saturated carbocycles. The van der Waals surface area contributed by atoms with E-state index in [1.165, 1.54) is 0 Å². The van der Waals surface area contributed by atoms with Crippen LogP contribution in [0.3, 0.4) is 0 Å². The maximum absolute atomic E-state index is 11.9. The zero-order valence-corrected chi connectivity index (χ0v) is 11.5. The van der Waals surface area contributed by atoms with Crippen LogP contribution in [0.5, 0.6) is 0 Å². The highest BCUT2D eigenvalue weighted by molar-refractivity contribution is 5.31. The van der Waals surface area contributed by atoms with Gasteiger partial charge < -0.3 is 5.73 Å². The second kappa shape index (κ2) is 4.97. The van der Waals surface area contributed by atoms with E-state index in [1.807, 2.05) is 51.1 Å². The molecule has 1 heterocycles. The molecule has 2 aromatic rings. The summed E-state index contributed by atoms with van der Waals surface area (Å²) in [6, 6.07) is 11.0. The average Bonchev–Trinajstić information content (AvgIpc) is 2.38. The number of H-pyrrole nitrogens is 1. The Morgan fingerprint density at radius 1 is 1.21 bits per heavy atom. The van der Waals surface area contributed by atoms with Crippen LogP contribution in [0.1, 0.15) is 43.6 Å². The van der Waals surface area contributed by atoms with Gasteiger partial charge in [0.2, 0.25) is 0 Å². The molecule has 0 fully saturated rings. The predicted molar refractivity (Wildman–Crippen MR) is 76.0 cm³/mol. The summed E-state index contributed by atoms with van der Waals surface area (Å²) in [4.78, 5) is 11.9. The molecule has 3 N–H and O–H groups in total. The second-order valence-electron chi connectivity index (χ2n) is 5.68. The van der Waals surface area contributed by atoms with E-state index in [9.17, 15) is 4.79 Å². The van der Waals surface area contributed by atoms with Gasteiger partial charge in [-0.25, -0.2) is 5.10 Å². The molecule has 0 bridgehead atoms. The molecule has 1 atom stereocenters. The van der Waals surface area contributed by atoms with Crippen molar-refractivity contribution in [2.75, 3.05) is 0 Å². The summed E-state index contributed by atoms with van der Waals surface area (Å²) in [5, 5.41) is 6.63. The number of aromatic amines is 1. The SMILES string of the molecule is CC(C)(C)c1cc(C(N)c2ccccc2)c(=O)[nH]n1. The van der Waals surface area contributed by atoms with E-state index >= 15 is 0 Å². The first-order chi connectivity index (χ1) is 8.89. The lowest BCUT2D eigenvalue weighted by Gasteiger charge is -2.19. The van der Waals surface area contributed by atoms with Crippen molar-refractivity contribution in [1.82, 2.24) is 10.2 Å². The molecule has 0 aliphatic heterocycles. The van der Waals surface area contributed by atoms with E-state index in [0.29, 0.717) is 5.56 Å². The molecule has 1 aromatic heterocycles. The number of benzene rings is 1. The maximum Gasteiger partial charge on any atom is 0.269 e. The van der Waals surface area contributed by atoms with Crippen LogP contribution >= 0.6 is 0 Å². The fourth-order valence-electron chi connectivity index (χ4n) is 1.88. The number of rotatable bonds is 2. The van der Waals surface area contributed by atoms with E-state index in [-0.39, 0.29) is 11.0 Å². The fraction of sp³-hybridized carbons (Fsp3) is 0.333. The van der Waals surface area contributed by atoms with Gasteiger partial charge in [0.05, 0.1) is 11.7 Å². The van der Waals surface area contributed by atoms with Crippen molar-refractivity contribution in [3.8, 4) is 0 Å². The van der Waals surface area contributed by atoms with Crippen LogP contribution < -0.4 is 11.3 Å². The van der Waals surface area contributed by atoms with E-state index < -0.39 is 6.04 Å². The maximum atomic E-state index is 11.9. The third-order valence-corrected chi connectivity index (χ3v) is 3.09. The number of nitrogens with one attached hydrogen (secondary N) is 1. The number of hydrogen-bond acceptors (Lipinski definition) is 3. The lowest BCUT2D eigenvalue weighted by molar-refractivity contribution is 0.553. The zero-order chi connectivity index (χ0) is 14.0. The molecular weight excluding hydrogens is 238 g/mol. The summed E-state index contributed by atoms with van der Waals surface area (Å²) in [7, 11) is 0. The van der Waals surface area contributed by atoms with Crippen LogP contribution in [-0.2, 0) is 5.41 Å². The van der Waals surface area contributed by atoms with Crippen molar-refractivity contribution in [3.05, 3.63) is 63.6 Å². The fourth-order valence-corrected chi connectivity index (χ4v) is 1.88. The van der Waals surface area contributed by atoms with Gasteiger partial charge in [-0.2, -0.15) is 5.10 Å². The Labute approximate surface area is 112 Å². The molecule has 0 amide bonds. The van der Waals surface area contributed by atoms with Crippen molar-refractivity contribution >= 4 is 0 Å². The normalized spacial score (nSPS) is 13.3. The average molecular weight is 257 g/mol. The first kappa shape index (κ1) is 13.5. The summed E-state index contributed by atoms with van der Waals surface area (Å²) in [6.07, 6.45) is 0. The summed E-state index contributed by atoms with van der Waals surface area (Å²) in [6.45, 7) is 6.14. The van der Waals surface area contributed by atoms with Crippen LogP contribution in [-0.4, -0.2) is 10.2 Å². The minimum absolute atomic E-state index is 0.130. The Kier molecular flexibility index (Phi) is 3.53. The smallest absolute Gasteiger partial charge is 0.269 e. The summed E-state index contributed by atoms with van der Waals surface area (Å²) in [5.41, 5.74) is 8.11. The minimum atomic E-state index is -0.436. The van der Waals surface area contributed by atoms with Gasteiger partial charge >= 0.3 is 0 Å². The third-order valence-electron chi connectivity index (χ3n) is 3.09. The van der Waals surface area contributed by atoms with Crippen LogP contribution in [0, 0.1) is 0 Å². The standard InChI is InChI=1S/C15H19N3O/c1-15(2,3)12-9-11(14(19)18-17-12)13(16)10-7-5-4-6-8-10/h4-9,13H,16H2,1-3H3,(H,18,19). The first-order valence-electron chi connectivity index (χ1n) is 6.30. The monoisotopic (exact) mass is 257 g/mol. The number of hydrogen-bond donors (Lipinski definition) is 2. The van der Waals surface area contributed by atoms with Crippen LogP contribution in [0.25, 0.3) is 0 Å².